The molecule has 0 N–H and O–H groups in total. The molecule has 0 saturated heterocycles. The highest BCUT2D eigenvalue weighted by Gasteiger charge is 2.38. The molecule has 0 atom stereocenters. The predicted molar refractivity (Wildman–Crippen MR) is 103 cm³/mol. The van der Waals surface area contributed by atoms with Crippen molar-refractivity contribution < 1.29 is 4.79 Å². The van der Waals surface area contributed by atoms with Crippen LogP contribution in [-0.4, -0.2) is 18.5 Å². The van der Waals surface area contributed by atoms with Gasteiger partial charge >= 0.3 is 0 Å². The third-order valence-electron chi connectivity index (χ3n) is 5.12. The number of anilines is 1. The zero-order valence-corrected chi connectivity index (χ0v) is 14.7. The lowest BCUT2D eigenvalue weighted by molar-refractivity contribution is -0.108. The minimum Gasteiger partial charge on any atom is -0.346 e. The van der Waals surface area contributed by atoms with Gasteiger partial charge in [0, 0.05) is 35.6 Å². The van der Waals surface area contributed by atoms with Crippen LogP contribution in [0.2, 0.25) is 0 Å². The van der Waals surface area contributed by atoms with E-state index < -0.39 is 0 Å². The summed E-state index contributed by atoms with van der Waals surface area (Å²) in [5.74, 6) is -0.0495. The highest BCUT2D eigenvalue weighted by Crippen LogP contribution is 2.46. The van der Waals surface area contributed by atoms with Crippen LogP contribution in [0.3, 0.4) is 0 Å². The van der Waals surface area contributed by atoms with Crippen molar-refractivity contribution in [3.05, 3.63) is 83.2 Å². The Bertz CT molecular complexity index is 963. The molecule has 0 aromatic heterocycles. The molecule has 1 aliphatic carbocycles. The van der Waals surface area contributed by atoms with Gasteiger partial charge in [-0.05, 0) is 23.3 Å². The molecule has 0 unspecified atom stereocenters. The van der Waals surface area contributed by atoms with Crippen LogP contribution < -0.4 is 4.90 Å². The third-order valence-corrected chi connectivity index (χ3v) is 5.12. The van der Waals surface area contributed by atoms with Gasteiger partial charge in [-0.1, -0.05) is 62.4 Å². The Morgan fingerprint density at radius 1 is 1.00 bits per heavy atom. The highest BCUT2D eigenvalue weighted by atomic mass is 16.1. The van der Waals surface area contributed by atoms with E-state index >= 15 is 0 Å². The number of aliphatic imine (C=N–C) groups is 1. The largest absolute Gasteiger partial charge is 0.346 e. The molecule has 3 heteroatoms. The zero-order valence-electron chi connectivity index (χ0n) is 14.7. The lowest BCUT2D eigenvalue weighted by atomic mass is 9.84. The predicted octanol–water partition coefficient (Wildman–Crippen LogP) is 4.34. The normalized spacial score (nSPS) is 20.9. The Labute approximate surface area is 148 Å². The van der Waals surface area contributed by atoms with Crippen molar-refractivity contribution in [2.45, 2.75) is 19.3 Å². The standard InChI is InChI=1S/C22H20N2O/c1-22(2)17-10-6-7-11-18(17)24(3)20(22)14-23-21-16-9-5-4-8-15(16)12-13-19(21)25/h4-14H,1-3H3/b20-14+,23-21-. The molecule has 0 radical (unpaired) electrons. The molecule has 2 aromatic carbocycles. The van der Waals surface area contributed by atoms with E-state index in [-0.39, 0.29) is 11.2 Å². The van der Waals surface area contributed by atoms with Gasteiger partial charge in [0.25, 0.3) is 0 Å². The van der Waals surface area contributed by atoms with Crippen LogP contribution in [0.15, 0.2) is 71.5 Å². The minimum absolute atomic E-state index is 0.0495. The van der Waals surface area contributed by atoms with Crippen molar-refractivity contribution >= 4 is 23.3 Å². The molecule has 0 fully saturated rings. The summed E-state index contributed by atoms with van der Waals surface area (Å²) in [6, 6.07) is 16.3. The number of fused-ring (bicyclic) bond motifs is 2. The summed E-state index contributed by atoms with van der Waals surface area (Å²) in [6.07, 6.45) is 5.30. The number of nitrogens with zero attached hydrogens (tertiary/aromatic N) is 2. The van der Waals surface area contributed by atoms with Crippen LogP contribution in [0.1, 0.15) is 30.5 Å². The molecule has 1 aliphatic heterocycles. The Hall–Kier alpha value is -2.94. The average molecular weight is 328 g/mol. The number of rotatable bonds is 1. The van der Waals surface area contributed by atoms with E-state index in [2.05, 4.69) is 49.0 Å². The Morgan fingerprint density at radius 2 is 1.72 bits per heavy atom. The lowest BCUT2D eigenvalue weighted by Crippen LogP contribution is -2.23. The van der Waals surface area contributed by atoms with Crippen molar-refractivity contribution in [2.24, 2.45) is 4.99 Å². The summed E-state index contributed by atoms with van der Waals surface area (Å²) in [5.41, 5.74) is 5.83. The van der Waals surface area contributed by atoms with Crippen molar-refractivity contribution in [1.82, 2.24) is 0 Å². The fourth-order valence-electron chi connectivity index (χ4n) is 3.72. The van der Waals surface area contributed by atoms with E-state index in [1.54, 1.807) is 6.08 Å². The van der Waals surface area contributed by atoms with Crippen LogP contribution in [0.25, 0.3) is 6.08 Å². The number of allylic oxidation sites excluding steroid dienone is 2. The average Bonchev–Trinajstić information content (AvgIpc) is 2.81. The first kappa shape index (κ1) is 15.6. The van der Waals surface area contributed by atoms with E-state index in [0.717, 1.165) is 16.8 Å². The molecule has 1 heterocycles. The Morgan fingerprint density at radius 3 is 2.52 bits per heavy atom. The molecule has 3 nitrogen and oxygen atoms in total. The smallest absolute Gasteiger partial charge is 0.204 e. The van der Waals surface area contributed by atoms with Crippen molar-refractivity contribution in [3.8, 4) is 0 Å². The minimum atomic E-state index is -0.150. The summed E-state index contributed by atoms with van der Waals surface area (Å²) in [5, 5.41) is 0. The molecular formula is C22H20N2O. The van der Waals surface area contributed by atoms with Gasteiger partial charge in [0.1, 0.15) is 5.71 Å². The van der Waals surface area contributed by atoms with Gasteiger partial charge in [0.15, 0.2) is 0 Å². The van der Waals surface area contributed by atoms with Gasteiger partial charge in [0.2, 0.25) is 5.78 Å². The third kappa shape index (κ3) is 2.35. The molecule has 4 rings (SSSR count). The fourth-order valence-corrected chi connectivity index (χ4v) is 3.72. The van der Waals surface area contributed by atoms with Crippen LogP contribution in [0.5, 0.6) is 0 Å². The van der Waals surface area contributed by atoms with Gasteiger partial charge in [-0.25, -0.2) is 0 Å². The first-order valence-corrected chi connectivity index (χ1v) is 8.43. The second-order valence-corrected chi connectivity index (χ2v) is 6.98. The number of para-hydroxylation sites is 1. The van der Waals surface area contributed by atoms with Crippen LogP contribution in [0.4, 0.5) is 5.69 Å². The zero-order chi connectivity index (χ0) is 17.6. The van der Waals surface area contributed by atoms with Gasteiger partial charge in [-0.2, -0.15) is 0 Å². The molecular weight excluding hydrogens is 308 g/mol. The quantitative estimate of drug-likeness (QED) is 0.780. The van der Waals surface area contributed by atoms with Gasteiger partial charge in [-0.15, -0.1) is 0 Å². The van der Waals surface area contributed by atoms with Crippen LogP contribution in [-0.2, 0) is 10.2 Å². The topological polar surface area (TPSA) is 32.7 Å². The molecule has 0 saturated carbocycles. The van der Waals surface area contributed by atoms with E-state index in [1.165, 1.54) is 11.3 Å². The van der Waals surface area contributed by atoms with E-state index in [4.69, 9.17) is 0 Å². The summed E-state index contributed by atoms with van der Waals surface area (Å²) < 4.78 is 0. The van der Waals surface area contributed by atoms with Gasteiger partial charge < -0.3 is 4.90 Å². The van der Waals surface area contributed by atoms with Crippen molar-refractivity contribution in [1.29, 1.82) is 0 Å². The van der Waals surface area contributed by atoms with E-state index in [9.17, 15) is 4.79 Å². The first-order chi connectivity index (χ1) is 12.0. The molecule has 2 aromatic rings. The lowest BCUT2D eigenvalue weighted by Gasteiger charge is -2.23. The maximum absolute atomic E-state index is 12.4. The molecule has 2 aliphatic rings. The molecule has 0 amide bonds. The van der Waals surface area contributed by atoms with Gasteiger partial charge in [-0.3, -0.25) is 9.79 Å². The molecule has 124 valence electrons. The number of carbonyl (C=O) groups excluding carboxylic acids is 1. The van der Waals surface area contributed by atoms with Crippen molar-refractivity contribution in [2.75, 3.05) is 11.9 Å². The van der Waals surface area contributed by atoms with E-state index in [0.29, 0.717) is 5.71 Å². The second kappa shape index (κ2) is 5.55. The number of likely N-dealkylation sites (N-methyl/N-ethyl adjacent to an activating group) is 1. The monoisotopic (exact) mass is 328 g/mol. The highest BCUT2D eigenvalue weighted by molar-refractivity contribution is 6.52. The Balaban J connectivity index is 1.81. The molecule has 0 spiro atoms. The molecule has 0 bridgehead atoms. The fraction of sp³-hybridized carbons (Fsp3) is 0.182. The second-order valence-electron chi connectivity index (χ2n) is 6.98. The molecule has 25 heavy (non-hydrogen) atoms. The van der Waals surface area contributed by atoms with Crippen molar-refractivity contribution in [3.63, 3.8) is 0 Å². The summed E-state index contributed by atoms with van der Waals surface area (Å²) in [6.45, 7) is 4.38. The number of ketones is 1. The maximum atomic E-state index is 12.4. The van der Waals surface area contributed by atoms with Crippen LogP contribution >= 0.6 is 0 Å². The maximum Gasteiger partial charge on any atom is 0.204 e. The number of carbonyl (C=O) groups is 1. The van der Waals surface area contributed by atoms with E-state index in [1.807, 2.05) is 42.6 Å². The Kier molecular flexibility index (Phi) is 3.46. The number of benzene rings is 2. The summed E-state index contributed by atoms with van der Waals surface area (Å²) in [7, 11) is 2.05. The first-order valence-electron chi connectivity index (χ1n) is 8.43. The summed E-state index contributed by atoms with van der Waals surface area (Å²) >= 11 is 0. The summed E-state index contributed by atoms with van der Waals surface area (Å²) in [4.78, 5) is 19.2. The number of hydrogen-bond donors (Lipinski definition) is 0. The number of hydrogen-bond acceptors (Lipinski definition) is 3. The SMILES string of the molecule is CN1/C(=C/N=C2\C(=O)C=Cc3ccccc32)C(C)(C)c2ccccc21. The van der Waals surface area contributed by atoms with Crippen LogP contribution in [0, 0.1) is 0 Å². The van der Waals surface area contributed by atoms with Gasteiger partial charge in [0.05, 0.1) is 0 Å².